The molecule has 1 saturated carbocycles. The number of hydrogen-bond acceptors (Lipinski definition) is 5. The number of aromatic amines is 1. The summed E-state index contributed by atoms with van der Waals surface area (Å²) in [5, 5.41) is 14.2. The van der Waals surface area contributed by atoms with Crippen molar-refractivity contribution in [1.29, 1.82) is 0 Å². The minimum Gasteiger partial charge on any atom is -0.396 e. The van der Waals surface area contributed by atoms with Gasteiger partial charge in [-0.05, 0) is 81.0 Å². The Morgan fingerprint density at radius 2 is 1.92 bits per heavy atom. The molecule has 1 saturated heterocycles. The number of aliphatic hydroxyl groups excluding tert-OH is 1. The fourth-order valence-electron chi connectivity index (χ4n) is 6.50. The van der Waals surface area contributed by atoms with Gasteiger partial charge in [0, 0.05) is 34.4 Å². The van der Waals surface area contributed by atoms with E-state index in [-0.39, 0.29) is 12.0 Å². The number of pyridine rings is 2. The van der Waals surface area contributed by atoms with Crippen molar-refractivity contribution in [2.75, 3.05) is 19.8 Å². The van der Waals surface area contributed by atoms with Crippen molar-refractivity contribution in [2.24, 2.45) is 11.3 Å². The highest BCUT2D eigenvalue weighted by Crippen LogP contribution is 2.44. The number of aryl methyl sites for hydroxylation is 1. The van der Waals surface area contributed by atoms with Gasteiger partial charge in [0.25, 0.3) is 0 Å². The molecule has 7 heteroatoms. The summed E-state index contributed by atoms with van der Waals surface area (Å²) in [4.78, 5) is 13.4. The number of fused-ring (bicyclic) bond motifs is 2. The van der Waals surface area contributed by atoms with Crippen molar-refractivity contribution in [2.45, 2.75) is 71.6 Å². The molecule has 1 aliphatic heterocycles. The fraction of sp³-hybridized carbons (Fsp3) is 0.552. The van der Waals surface area contributed by atoms with Gasteiger partial charge in [0.1, 0.15) is 6.33 Å². The molecule has 5 heterocycles. The molecule has 0 radical (unpaired) electrons. The minimum absolute atomic E-state index is 0.0219. The minimum atomic E-state index is 0.0219. The first-order valence-electron chi connectivity index (χ1n) is 13.4. The molecular formula is C29H37N5O2. The van der Waals surface area contributed by atoms with Crippen LogP contribution in [0.1, 0.15) is 80.2 Å². The van der Waals surface area contributed by atoms with Crippen LogP contribution in [-0.2, 0) is 4.74 Å². The predicted molar refractivity (Wildman–Crippen MR) is 141 cm³/mol. The van der Waals surface area contributed by atoms with E-state index < -0.39 is 0 Å². The first-order valence-corrected chi connectivity index (χ1v) is 13.4. The Bertz CT molecular complexity index is 1400. The normalized spacial score (nSPS) is 21.9. The number of rotatable bonds is 6. The van der Waals surface area contributed by atoms with Crippen LogP contribution in [0.25, 0.3) is 27.9 Å². The van der Waals surface area contributed by atoms with Gasteiger partial charge in [-0.15, -0.1) is 0 Å². The van der Waals surface area contributed by atoms with E-state index in [1.54, 1.807) is 6.33 Å². The van der Waals surface area contributed by atoms with E-state index in [1.165, 1.54) is 42.5 Å². The molecule has 2 fully saturated rings. The topological polar surface area (TPSA) is 88.3 Å². The standard InChI is InChI=1S/C29H37N5O2/c1-17(2)25-26(22-12-34-28(30-16-31-34)19(4)18(22)3)33-24-10-9-23(32-27(24)25)21-7-5-20(6-8-21)11-29(13-35)14-36-15-29/h9-10,12,16-17,20-21,33,35H,5-8,11,13-15H2,1-4H3. The summed E-state index contributed by atoms with van der Waals surface area (Å²) in [6, 6.07) is 4.45. The van der Waals surface area contributed by atoms with E-state index >= 15 is 0 Å². The zero-order valence-electron chi connectivity index (χ0n) is 21.8. The number of aromatic nitrogens is 5. The summed E-state index contributed by atoms with van der Waals surface area (Å²) in [5.41, 5.74) is 10.3. The molecule has 0 bridgehead atoms. The molecule has 7 nitrogen and oxygen atoms in total. The summed E-state index contributed by atoms with van der Waals surface area (Å²) < 4.78 is 7.29. The molecular weight excluding hydrogens is 450 g/mol. The van der Waals surface area contributed by atoms with Crippen LogP contribution in [0.2, 0.25) is 0 Å². The lowest BCUT2D eigenvalue weighted by Crippen LogP contribution is -2.47. The maximum atomic E-state index is 9.83. The van der Waals surface area contributed by atoms with Gasteiger partial charge in [0.15, 0.2) is 5.65 Å². The Kier molecular flexibility index (Phi) is 5.88. The SMILES string of the molecule is Cc1c(-c2[nH]c3ccc(C4CCC(CC5(CO)COC5)CC4)nc3c2C(C)C)cn2ncnc2c1C. The second-order valence-corrected chi connectivity index (χ2v) is 11.6. The molecule has 190 valence electrons. The van der Waals surface area contributed by atoms with Gasteiger partial charge in [-0.25, -0.2) is 9.50 Å². The van der Waals surface area contributed by atoms with Crippen molar-refractivity contribution in [3.05, 3.63) is 47.0 Å². The van der Waals surface area contributed by atoms with E-state index in [0.29, 0.717) is 17.8 Å². The lowest BCUT2D eigenvalue weighted by Gasteiger charge is -2.43. The first-order chi connectivity index (χ1) is 17.4. The molecule has 2 N–H and O–H groups in total. The summed E-state index contributed by atoms with van der Waals surface area (Å²) >= 11 is 0. The van der Waals surface area contributed by atoms with Crippen molar-refractivity contribution < 1.29 is 9.84 Å². The highest BCUT2D eigenvalue weighted by molar-refractivity contribution is 5.89. The smallest absolute Gasteiger partial charge is 0.158 e. The van der Waals surface area contributed by atoms with Crippen LogP contribution in [-0.4, -0.2) is 49.5 Å². The first kappa shape index (κ1) is 23.6. The zero-order chi connectivity index (χ0) is 25.0. The molecule has 0 aromatic carbocycles. The summed E-state index contributed by atoms with van der Waals surface area (Å²) in [7, 11) is 0. The van der Waals surface area contributed by atoms with E-state index in [0.717, 1.165) is 53.1 Å². The van der Waals surface area contributed by atoms with E-state index in [4.69, 9.17) is 9.72 Å². The zero-order valence-corrected chi connectivity index (χ0v) is 21.8. The third-order valence-electron chi connectivity index (χ3n) is 8.81. The summed E-state index contributed by atoms with van der Waals surface area (Å²) in [6.45, 7) is 10.5. The van der Waals surface area contributed by atoms with Gasteiger partial charge < -0.3 is 14.8 Å². The molecule has 0 amide bonds. The Morgan fingerprint density at radius 1 is 1.14 bits per heavy atom. The van der Waals surface area contributed by atoms with Gasteiger partial charge >= 0.3 is 0 Å². The van der Waals surface area contributed by atoms with E-state index in [1.807, 2.05) is 4.52 Å². The average Bonchev–Trinajstić information content (AvgIpc) is 3.48. The molecule has 0 unspecified atom stereocenters. The Balaban J connectivity index is 1.31. The predicted octanol–water partition coefficient (Wildman–Crippen LogP) is 5.69. The number of H-pyrrole nitrogens is 1. The van der Waals surface area contributed by atoms with Crippen LogP contribution in [0.15, 0.2) is 24.7 Å². The molecule has 36 heavy (non-hydrogen) atoms. The maximum absolute atomic E-state index is 9.83. The molecule has 2 aliphatic rings. The van der Waals surface area contributed by atoms with Crippen LogP contribution in [0.5, 0.6) is 0 Å². The van der Waals surface area contributed by atoms with Crippen molar-refractivity contribution in [1.82, 2.24) is 24.6 Å². The average molecular weight is 488 g/mol. The molecule has 4 aromatic rings. The number of aliphatic hydroxyl groups is 1. The van der Waals surface area contributed by atoms with Crippen molar-refractivity contribution >= 4 is 16.7 Å². The van der Waals surface area contributed by atoms with Crippen molar-refractivity contribution in [3.8, 4) is 11.3 Å². The third-order valence-corrected chi connectivity index (χ3v) is 8.81. The lowest BCUT2D eigenvalue weighted by atomic mass is 9.71. The number of nitrogens with one attached hydrogen (secondary N) is 1. The van der Waals surface area contributed by atoms with Crippen LogP contribution in [0, 0.1) is 25.2 Å². The number of nitrogens with zero attached hydrogens (tertiary/aromatic N) is 4. The van der Waals surface area contributed by atoms with Crippen molar-refractivity contribution in [3.63, 3.8) is 0 Å². The van der Waals surface area contributed by atoms with Crippen LogP contribution >= 0.6 is 0 Å². The van der Waals surface area contributed by atoms with Gasteiger partial charge in [-0.2, -0.15) is 5.10 Å². The molecule has 0 spiro atoms. The van der Waals surface area contributed by atoms with E-state index in [9.17, 15) is 5.11 Å². The van der Waals surface area contributed by atoms with Crippen LogP contribution in [0.3, 0.4) is 0 Å². The highest BCUT2D eigenvalue weighted by atomic mass is 16.5. The van der Waals surface area contributed by atoms with Crippen LogP contribution < -0.4 is 0 Å². The van der Waals surface area contributed by atoms with Gasteiger partial charge in [-0.1, -0.05) is 13.8 Å². The second kappa shape index (κ2) is 8.96. The number of hydrogen-bond donors (Lipinski definition) is 2. The monoisotopic (exact) mass is 487 g/mol. The largest absolute Gasteiger partial charge is 0.396 e. The van der Waals surface area contributed by atoms with Gasteiger partial charge in [0.2, 0.25) is 0 Å². The third kappa shape index (κ3) is 3.84. The Morgan fingerprint density at radius 3 is 2.58 bits per heavy atom. The molecule has 6 rings (SSSR count). The van der Waals surface area contributed by atoms with E-state index in [2.05, 4.69) is 61.1 Å². The van der Waals surface area contributed by atoms with Gasteiger partial charge in [0.05, 0.1) is 36.5 Å². The fourth-order valence-corrected chi connectivity index (χ4v) is 6.50. The summed E-state index contributed by atoms with van der Waals surface area (Å²) in [6.07, 6.45) is 9.55. The quantitative estimate of drug-likeness (QED) is 0.365. The maximum Gasteiger partial charge on any atom is 0.158 e. The Hall–Kier alpha value is -2.77. The molecule has 1 aliphatic carbocycles. The van der Waals surface area contributed by atoms with Gasteiger partial charge in [-0.3, -0.25) is 4.98 Å². The highest BCUT2D eigenvalue weighted by Gasteiger charge is 2.40. The van der Waals surface area contributed by atoms with Crippen LogP contribution in [0.4, 0.5) is 0 Å². The molecule has 0 atom stereocenters. The Labute approximate surface area is 212 Å². The summed E-state index contributed by atoms with van der Waals surface area (Å²) in [5.74, 6) is 1.52. The number of ether oxygens (including phenoxy) is 1. The second-order valence-electron chi connectivity index (χ2n) is 11.6. The lowest BCUT2D eigenvalue weighted by molar-refractivity contribution is -0.148. The molecule has 4 aromatic heterocycles.